The van der Waals surface area contributed by atoms with E-state index in [9.17, 15) is 10.1 Å². The van der Waals surface area contributed by atoms with Crippen molar-refractivity contribution in [2.75, 3.05) is 18.9 Å². The molecule has 1 aliphatic rings. The van der Waals surface area contributed by atoms with Gasteiger partial charge in [0.1, 0.15) is 23.4 Å². The number of amides is 1. The maximum absolute atomic E-state index is 12.6. The van der Waals surface area contributed by atoms with E-state index in [1.54, 1.807) is 11.5 Å². The molecule has 2 aromatic heterocycles. The van der Waals surface area contributed by atoms with Gasteiger partial charge in [0.15, 0.2) is 11.5 Å². The van der Waals surface area contributed by atoms with Gasteiger partial charge in [0.25, 0.3) is 0 Å². The first-order valence-electron chi connectivity index (χ1n) is 7.30. The summed E-state index contributed by atoms with van der Waals surface area (Å²) in [5, 5.41) is 12.3. The molecule has 0 spiro atoms. The van der Waals surface area contributed by atoms with Crippen molar-refractivity contribution < 1.29 is 9.53 Å². The molecule has 3 N–H and O–H groups in total. The van der Waals surface area contributed by atoms with E-state index in [0.29, 0.717) is 37.2 Å². The second-order valence-corrected chi connectivity index (χ2v) is 5.55. The number of hydrogen-bond donors (Lipinski definition) is 2. The van der Waals surface area contributed by atoms with Crippen molar-refractivity contribution in [1.29, 1.82) is 5.26 Å². The summed E-state index contributed by atoms with van der Waals surface area (Å²) in [4.78, 5) is 24.7. The molecular formula is C14H17N7O2. The minimum Gasteiger partial charge on any atom is -0.382 e. The van der Waals surface area contributed by atoms with Crippen LogP contribution in [-0.2, 0) is 9.53 Å². The van der Waals surface area contributed by atoms with Crippen molar-refractivity contribution in [3.63, 3.8) is 0 Å². The number of nitrogens with zero attached hydrogens (tertiary/aromatic N) is 5. The fraction of sp³-hybridized carbons (Fsp3) is 0.500. The van der Waals surface area contributed by atoms with Crippen molar-refractivity contribution in [1.82, 2.24) is 24.8 Å². The van der Waals surface area contributed by atoms with Gasteiger partial charge < -0.3 is 20.4 Å². The molecule has 0 saturated carbocycles. The monoisotopic (exact) mass is 315 g/mol. The third kappa shape index (κ3) is 2.68. The van der Waals surface area contributed by atoms with E-state index in [1.165, 1.54) is 12.7 Å². The zero-order valence-corrected chi connectivity index (χ0v) is 12.7. The van der Waals surface area contributed by atoms with Crippen molar-refractivity contribution in [2.45, 2.75) is 31.3 Å². The summed E-state index contributed by atoms with van der Waals surface area (Å²) >= 11 is 0. The van der Waals surface area contributed by atoms with Gasteiger partial charge in [-0.1, -0.05) is 0 Å². The average Bonchev–Trinajstić information content (AvgIpc) is 3.00. The predicted molar refractivity (Wildman–Crippen MR) is 81.0 cm³/mol. The molecule has 1 amide bonds. The standard InChI is InChI=1S/C14H17N7O2/c1-9(13(22)20-14(6-15)2-4-23-5-3-14)21-8-19-10-11(16)17-7-18-12(10)21/h7-9H,2-5H2,1H3,(H,20,22)(H2,16,17,18). The molecule has 1 aliphatic heterocycles. The molecule has 0 radical (unpaired) electrons. The lowest BCUT2D eigenvalue weighted by molar-refractivity contribution is -0.126. The number of nitrogen functional groups attached to an aromatic ring is 1. The smallest absolute Gasteiger partial charge is 0.244 e. The number of ether oxygens (including phenoxy) is 1. The minimum absolute atomic E-state index is 0.263. The summed E-state index contributed by atoms with van der Waals surface area (Å²) in [6.07, 6.45) is 3.78. The summed E-state index contributed by atoms with van der Waals surface area (Å²) in [6, 6.07) is 1.63. The summed E-state index contributed by atoms with van der Waals surface area (Å²) in [5.41, 5.74) is 5.81. The largest absolute Gasteiger partial charge is 0.382 e. The molecule has 1 saturated heterocycles. The number of fused-ring (bicyclic) bond motifs is 1. The van der Waals surface area contributed by atoms with Gasteiger partial charge in [0.05, 0.1) is 12.4 Å². The molecule has 23 heavy (non-hydrogen) atoms. The number of imidazole rings is 1. The van der Waals surface area contributed by atoms with Crippen molar-refractivity contribution in [2.24, 2.45) is 0 Å². The number of carbonyl (C=O) groups is 1. The van der Waals surface area contributed by atoms with Crippen LogP contribution in [0.3, 0.4) is 0 Å². The Balaban J connectivity index is 1.84. The third-order valence-electron chi connectivity index (χ3n) is 4.11. The fourth-order valence-electron chi connectivity index (χ4n) is 2.60. The van der Waals surface area contributed by atoms with Crippen LogP contribution in [0.2, 0.25) is 0 Å². The molecule has 0 aromatic carbocycles. The Morgan fingerprint density at radius 1 is 1.48 bits per heavy atom. The van der Waals surface area contributed by atoms with E-state index < -0.39 is 11.6 Å². The number of rotatable bonds is 3. The summed E-state index contributed by atoms with van der Waals surface area (Å²) in [7, 11) is 0. The van der Waals surface area contributed by atoms with E-state index >= 15 is 0 Å². The van der Waals surface area contributed by atoms with Gasteiger partial charge in [-0.3, -0.25) is 4.79 Å². The highest BCUT2D eigenvalue weighted by Gasteiger charge is 2.35. The molecule has 1 unspecified atom stereocenters. The highest BCUT2D eigenvalue weighted by molar-refractivity contribution is 5.86. The maximum atomic E-state index is 12.6. The normalized spacial score (nSPS) is 18.3. The number of nitrogens with one attached hydrogen (secondary N) is 1. The van der Waals surface area contributed by atoms with Gasteiger partial charge in [-0.05, 0) is 6.92 Å². The van der Waals surface area contributed by atoms with Gasteiger partial charge in [0, 0.05) is 26.1 Å². The van der Waals surface area contributed by atoms with Crippen LogP contribution < -0.4 is 11.1 Å². The van der Waals surface area contributed by atoms with Gasteiger partial charge in [0.2, 0.25) is 5.91 Å². The Morgan fingerprint density at radius 2 is 2.22 bits per heavy atom. The quantitative estimate of drug-likeness (QED) is 0.824. The maximum Gasteiger partial charge on any atom is 0.244 e. The lowest BCUT2D eigenvalue weighted by Gasteiger charge is -2.32. The van der Waals surface area contributed by atoms with Crippen molar-refractivity contribution in [3.05, 3.63) is 12.7 Å². The zero-order chi connectivity index (χ0) is 16.4. The Bertz CT molecular complexity index is 773. The Labute approximate surface area is 132 Å². The molecule has 0 aliphatic carbocycles. The van der Waals surface area contributed by atoms with E-state index in [2.05, 4.69) is 26.3 Å². The van der Waals surface area contributed by atoms with Gasteiger partial charge >= 0.3 is 0 Å². The molecular weight excluding hydrogens is 298 g/mol. The number of aromatic nitrogens is 4. The Morgan fingerprint density at radius 3 is 2.91 bits per heavy atom. The molecule has 2 aromatic rings. The van der Waals surface area contributed by atoms with Crippen LogP contribution in [-0.4, -0.2) is 44.2 Å². The molecule has 3 heterocycles. The van der Waals surface area contributed by atoms with Gasteiger partial charge in [-0.15, -0.1) is 0 Å². The minimum atomic E-state index is -0.881. The number of hydrogen-bond acceptors (Lipinski definition) is 7. The molecule has 3 rings (SSSR count). The van der Waals surface area contributed by atoms with E-state index in [-0.39, 0.29) is 11.7 Å². The Kier molecular flexibility index (Phi) is 3.83. The van der Waals surface area contributed by atoms with Crippen LogP contribution in [0.5, 0.6) is 0 Å². The van der Waals surface area contributed by atoms with Crippen molar-refractivity contribution >= 4 is 22.9 Å². The topological polar surface area (TPSA) is 132 Å². The lowest BCUT2D eigenvalue weighted by Crippen LogP contribution is -2.52. The first-order valence-corrected chi connectivity index (χ1v) is 7.30. The van der Waals surface area contributed by atoms with Gasteiger partial charge in [-0.2, -0.15) is 5.26 Å². The number of nitrogens with two attached hydrogens (primary N) is 1. The number of anilines is 1. The summed E-state index contributed by atoms with van der Waals surface area (Å²) in [6.45, 7) is 2.64. The van der Waals surface area contributed by atoms with E-state index in [1.807, 2.05) is 0 Å². The molecule has 120 valence electrons. The summed E-state index contributed by atoms with van der Waals surface area (Å²) in [5.74, 6) is -0.00998. The molecule has 1 atom stereocenters. The van der Waals surface area contributed by atoms with E-state index in [4.69, 9.17) is 10.5 Å². The van der Waals surface area contributed by atoms with Crippen LogP contribution in [0.15, 0.2) is 12.7 Å². The number of carbonyl (C=O) groups excluding carboxylic acids is 1. The highest BCUT2D eigenvalue weighted by atomic mass is 16.5. The SMILES string of the molecule is CC(C(=O)NC1(C#N)CCOCC1)n1cnc2c(N)ncnc21. The predicted octanol–water partition coefficient (Wildman–Crippen LogP) is 0.158. The molecule has 0 bridgehead atoms. The second kappa shape index (κ2) is 5.81. The fourth-order valence-corrected chi connectivity index (χ4v) is 2.60. The molecule has 9 heteroatoms. The average molecular weight is 315 g/mol. The van der Waals surface area contributed by atoms with Crippen LogP contribution >= 0.6 is 0 Å². The van der Waals surface area contributed by atoms with Gasteiger partial charge in [-0.25, -0.2) is 15.0 Å². The lowest BCUT2D eigenvalue weighted by atomic mass is 9.91. The Hall–Kier alpha value is -2.73. The van der Waals surface area contributed by atoms with Crippen LogP contribution in [0, 0.1) is 11.3 Å². The van der Waals surface area contributed by atoms with E-state index in [0.717, 1.165) is 0 Å². The first kappa shape index (κ1) is 15.2. The summed E-state index contributed by atoms with van der Waals surface area (Å²) < 4.78 is 6.88. The molecule has 1 fully saturated rings. The number of nitriles is 1. The van der Waals surface area contributed by atoms with Crippen LogP contribution in [0.4, 0.5) is 5.82 Å². The zero-order valence-electron chi connectivity index (χ0n) is 12.7. The van der Waals surface area contributed by atoms with Crippen molar-refractivity contribution in [3.8, 4) is 6.07 Å². The first-order chi connectivity index (χ1) is 11.1. The third-order valence-corrected chi connectivity index (χ3v) is 4.11. The van der Waals surface area contributed by atoms with Crippen LogP contribution in [0.1, 0.15) is 25.8 Å². The molecule has 9 nitrogen and oxygen atoms in total. The highest BCUT2D eigenvalue weighted by Crippen LogP contribution is 2.23. The van der Waals surface area contributed by atoms with Crippen LogP contribution in [0.25, 0.3) is 11.2 Å². The second-order valence-electron chi connectivity index (χ2n) is 5.55.